The molecule has 0 heterocycles. The highest BCUT2D eigenvalue weighted by Crippen LogP contribution is 2.13. The van der Waals surface area contributed by atoms with E-state index >= 15 is 0 Å². The second-order valence-electron chi connectivity index (χ2n) is 3.67. The SMILES string of the molecule is COC[C@H](N[C@@H](C)CO)c1ccccc1. The molecule has 0 bridgehead atoms. The lowest BCUT2D eigenvalue weighted by molar-refractivity contribution is 0.151. The van der Waals surface area contributed by atoms with Crippen molar-refractivity contribution in [1.29, 1.82) is 0 Å². The summed E-state index contributed by atoms with van der Waals surface area (Å²) in [5, 5.41) is 12.3. The van der Waals surface area contributed by atoms with Gasteiger partial charge >= 0.3 is 0 Å². The van der Waals surface area contributed by atoms with E-state index in [0.29, 0.717) is 6.61 Å². The second kappa shape index (κ2) is 6.56. The van der Waals surface area contributed by atoms with Gasteiger partial charge in [0.1, 0.15) is 0 Å². The number of aliphatic hydroxyl groups is 1. The molecule has 0 aliphatic carbocycles. The maximum Gasteiger partial charge on any atom is 0.0657 e. The first-order valence-corrected chi connectivity index (χ1v) is 5.18. The molecule has 1 aromatic rings. The van der Waals surface area contributed by atoms with Crippen LogP contribution >= 0.6 is 0 Å². The minimum absolute atomic E-state index is 0.0744. The summed E-state index contributed by atoms with van der Waals surface area (Å²) in [6.45, 7) is 2.69. The zero-order valence-electron chi connectivity index (χ0n) is 9.31. The Kier molecular flexibility index (Phi) is 5.32. The van der Waals surface area contributed by atoms with Gasteiger partial charge in [-0.05, 0) is 12.5 Å². The van der Waals surface area contributed by atoms with Crippen LogP contribution in [0, 0.1) is 0 Å². The van der Waals surface area contributed by atoms with Gasteiger partial charge in [-0.15, -0.1) is 0 Å². The number of benzene rings is 1. The van der Waals surface area contributed by atoms with Gasteiger partial charge in [0.25, 0.3) is 0 Å². The fourth-order valence-corrected chi connectivity index (χ4v) is 1.49. The van der Waals surface area contributed by atoms with E-state index in [9.17, 15) is 0 Å². The molecule has 0 spiro atoms. The predicted octanol–water partition coefficient (Wildman–Crippen LogP) is 1.34. The topological polar surface area (TPSA) is 41.5 Å². The summed E-state index contributed by atoms with van der Waals surface area (Å²) < 4.78 is 5.16. The lowest BCUT2D eigenvalue weighted by atomic mass is 10.1. The van der Waals surface area contributed by atoms with Gasteiger partial charge in [0, 0.05) is 13.2 Å². The zero-order valence-corrected chi connectivity index (χ0v) is 9.31. The van der Waals surface area contributed by atoms with Crippen LogP contribution in [0.15, 0.2) is 30.3 Å². The van der Waals surface area contributed by atoms with Gasteiger partial charge in [-0.1, -0.05) is 30.3 Å². The molecule has 0 aliphatic rings. The third-order valence-corrected chi connectivity index (χ3v) is 2.29. The van der Waals surface area contributed by atoms with Crippen molar-refractivity contribution in [2.45, 2.75) is 19.0 Å². The predicted molar refractivity (Wildman–Crippen MR) is 60.7 cm³/mol. The minimum atomic E-state index is 0.0744. The van der Waals surface area contributed by atoms with Crippen LogP contribution in [0.25, 0.3) is 0 Å². The third kappa shape index (κ3) is 4.00. The van der Waals surface area contributed by atoms with E-state index in [0.717, 1.165) is 0 Å². The van der Waals surface area contributed by atoms with E-state index in [-0.39, 0.29) is 18.7 Å². The van der Waals surface area contributed by atoms with Crippen LogP contribution in [0.2, 0.25) is 0 Å². The first-order chi connectivity index (χ1) is 7.27. The fraction of sp³-hybridized carbons (Fsp3) is 0.500. The lowest BCUT2D eigenvalue weighted by Gasteiger charge is -2.21. The van der Waals surface area contributed by atoms with E-state index in [2.05, 4.69) is 17.4 Å². The van der Waals surface area contributed by atoms with Crippen LogP contribution in [0.3, 0.4) is 0 Å². The van der Waals surface area contributed by atoms with Crippen LogP contribution in [0.1, 0.15) is 18.5 Å². The van der Waals surface area contributed by atoms with Gasteiger partial charge in [-0.25, -0.2) is 0 Å². The Bertz CT molecular complexity index is 264. The van der Waals surface area contributed by atoms with Crippen molar-refractivity contribution in [3.05, 3.63) is 35.9 Å². The van der Waals surface area contributed by atoms with Crippen molar-refractivity contribution in [2.75, 3.05) is 20.3 Å². The summed E-state index contributed by atoms with van der Waals surface area (Å²) in [5.41, 5.74) is 1.18. The van der Waals surface area contributed by atoms with E-state index in [1.807, 2.05) is 25.1 Å². The Balaban J connectivity index is 2.65. The van der Waals surface area contributed by atoms with Crippen LogP contribution in [0.4, 0.5) is 0 Å². The molecular formula is C12H19NO2. The molecule has 3 nitrogen and oxygen atoms in total. The van der Waals surface area contributed by atoms with Crippen molar-refractivity contribution in [3.8, 4) is 0 Å². The fourth-order valence-electron chi connectivity index (χ4n) is 1.49. The Hall–Kier alpha value is -0.900. The average molecular weight is 209 g/mol. The first-order valence-electron chi connectivity index (χ1n) is 5.18. The average Bonchev–Trinajstić information content (AvgIpc) is 2.29. The van der Waals surface area contributed by atoms with Crippen LogP contribution in [-0.4, -0.2) is 31.5 Å². The largest absolute Gasteiger partial charge is 0.395 e. The number of hydrogen-bond donors (Lipinski definition) is 2. The van der Waals surface area contributed by atoms with Gasteiger partial charge in [0.15, 0.2) is 0 Å². The van der Waals surface area contributed by atoms with Gasteiger partial charge in [-0.2, -0.15) is 0 Å². The normalized spacial score (nSPS) is 14.9. The first kappa shape index (κ1) is 12.2. The Morgan fingerprint density at radius 3 is 2.53 bits per heavy atom. The van der Waals surface area contributed by atoms with E-state index in [1.165, 1.54) is 5.56 Å². The van der Waals surface area contributed by atoms with Crippen molar-refractivity contribution >= 4 is 0 Å². The summed E-state index contributed by atoms with van der Waals surface area (Å²) >= 11 is 0. The van der Waals surface area contributed by atoms with Gasteiger partial charge in [0.2, 0.25) is 0 Å². The number of hydrogen-bond acceptors (Lipinski definition) is 3. The summed E-state index contributed by atoms with van der Waals surface area (Å²) in [7, 11) is 1.68. The molecule has 0 aromatic heterocycles. The lowest BCUT2D eigenvalue weighted by Crippen LogP contribution is -2.35. The summed E-state index contributed by atoms with van der Waals surface area (Å²) in [5.74, 6) is 0. The van der Waals surface area contributed by atoms with Crippen molar-refractivity contribution in [2.24, 2.45) is 0 Å². The molecule has 3 heteroatoms. The molecule has 0 amide bonds. The highest BCUT2D eigenvalue weighted by molar-refractivity contribution is 5.19. The third-order valence-electron chi connectivity index (χ3n) is 2.29. The van der Waals surface area contributed by atoms with Crippen LogP contribution in [0.5, 0.6) is 0 Å². The molecule has 0 saturated carbocycles. The van der Waals surface area contributed by atoms with Crippen molar-refractivity contribution in [1.82, 2.24) is 5.32 Å². The summed E-state index contributed by atoms with van der Waals surface area (Å²) in [4.78, 5) is 0. The number of rotatable bonds is 6. The molecule has 84 valence electrons. The molecule has 0 aliphatic heterocycles. The highest BCUT2D eigenvalue weighted by atomic mass is 16.5. The zero-order chi connectivity index (χ0) is 11.1. The highest BCUT2D eigenvalue weighted by Gasteiger charge is 2.12. The quantitative estimate of drug-likeness (QED) is 0.743. The molecule has 0 unspecified atom stereocenters. The maximum atomic E-state index is 9.00. The molecule has 0 fully saturated rings. The smallest absolute Gasteiger partial charge is 0.0657 e. The molecule has 2 atom stereocenters. The molecule has 0 radical (unpaired) electrons. The monoisotopic (exact) mass is 209 g/mol. The summed E-state index contributed by atoms with van der Waals surface area (Å²) in [6, 6.07) is 10.3. The maximum absolute atomic E-state index is 9.00. The Morgan fingerprint density at radius 1 is 1.33 bits per heavy atom. The number of methoxy groups -OCH3 is 1. The van der Waals surface area contributed by atoms with Crippen molar-refractivity contribution < 1.29 is 9.84 Å². The van der Waals surface area contributed by atoms with E-state index in [4.69, 9.17) is 9.84 Å². The molecule has 15 heavy (non-hydrogen) atoms. The number of nitrogens with one attached hydrogen (secondary N) is 1. The van der Waals surface area contributed by atoms with Gasteiger partial charge in [-0.3, -0.25) is 0 Å². The molecule has 1 aromatic carbocycles. The standard InChI is InChI=1S/C12H19NO2/c1-10(8-14)13-12(9-15-2)11-6-4-3-5-7-11/h3-7,10,12-14H,8-9H2,1-2H3/t10-,12-/m0/s1. The Labute approximate surface area is 91.1 Å². The van der Waals surface area contributed by atoms with Gasteiger partial charge in [0.05, 0.1) is 19.3 Å². The minimum Gasteiger partial charge on any atom is -0.395 e. The van der Waals surface area contributed by atoms with Crippen LogP contribution < -0.4 is 5.32 Å². The van der Waals surface area contributed by atoms with E-state index in [1.54, 1.807) is 7.11 Å². The molecule has 0 saturated heterocycles. The summed E-state index contributed by atoms with van der Waals surface area (Å²) in [6.07, 6.45) is 0. The molecular weight excluding hydrogens is 190 g/mol. The van der Waals surface area contributed by atoms with E-state index < -0.39 is 0 Å². The van der Waals surface area contributed by atoms with Crippen molar-refractivity contribution in [3.63, 3.8) is 0 Å². The van der Waals surface area contributed by atoms with Crippen LogP contribution in [-0.2, 0) is 4.74 Å². The number of aliphatic hydroxyl groups excluding tert-OH is 1. The number of ether oxygens (including phenoxy) is 1. The Morgan fingerprint density at radius 2 is 2.00 bits per heavy atom. The molecule has 2 N–H and O–H groups in total. The van der Waals surface area contributed by atoms with Gasteiger partial charge < -0.3 is 15.2 Å². The molecule has 1 rings (SSSR count). The second-order valence-corrected chi connectivity index (χ2v) is 3.67.